The van der Waals surface area contributed by atoms with E-state index in [4.69, 9.17) is 10.2 Å². The number of carbonyl (C=O) groups excluding carboxylic acids is 1. The topological polar surface area (TPSA) is 89.9 Å². The van der Waals surface area contributed by atoms with Crippen LogP contribution in [0.4, 0.5) is 10.5 Å². The fourth-order valence-corrected chi connectivity index (χ4v) is 1.92. The third kappa shape index (κ3) is 3.96. The van der Waals surface area contributed by atoms with E-state index in [-0.39, 0.29) is 13.0 Å². The van der Waals surface area contributed by atoms with Crippen molar-refractivity contribution >= 4 is 17.7 Å². The van der Waals surface area contributed by atoms with Crippen molar-refractivity contribution in [2.45, 2.75) is 26.3 Å². The lowest BCUT2D eigenvalue weighted by molar-refractivity contribution is -0.139. The molecule has 0 aliphatic heterocycles. The normalized spacial score (nSPS) is 11.8. The number of amides is 2. The molecule has 1 aromatic carbocycles. The standard InChI is InChI=1S/C14H20N2O4/c1-9-4-5-12(10(2)8-9)16(3)14(20)15-11(6-7-17)13(18)19/h4-5,8,11,17H,6-7H2,1-3H3,(H,15,20)(H,18,19). The molecule has 0 aromatic heterocycles. The smallest absolute Gasteiger partial charge is 0.326 e. The maximum atomic E-state index is 12.0. The van der Waals surface area contributed by atoms with Crippen LogP contribution in [0.5, 0.6) is 0 Å². The van der Waals surface area contributed by atoms with Gasteiger partial charge in [-0.3, -0.25) is 4.90 Å². The van der Waals surface area contributed by atoms with Crippen LogP contribution < -0.4 is 10.2 Å². The van der Waals surface area contributed by atoms with Gasteiger partial charge in [-0.1, -0.05) is 17.7 Å². The molecule has 1 atom stereocenters. The van der Waals surface area contributed by atoms with Crippen LogP contribution in [-0.2, 0) is 4.79 Å². The lowest BCUT2D eigenvalue weighted by Gasteiger charge is -2.22. The Balaban J connectivity index is 2.83. The highest BCUT2D eigenvalue weighted by Crippen LogP contribution is 2.20. The van der Waals surface area contributed by atoms with E-state index < -0.39 is 18.0 Å². The van der Waals surface area contributed by atoms with E-state index in [1.54, 1.807) is 7.05 Å². The zero-order valence-electron chi connectivity index (χ0n) is 11.9. The van der Waals surface area contributed by atoms with E-state index in [1.807, 2.05) is 32.0 Å². The van der Waals surface area contributed by atoms with Crippen molar-refractivity contribution in [1.29, 1.82) is 0 Å². The Morgan fingerprint density at radius 1 is 1.35 bits per heavy atom. The molecule has 6 heteroatoms. The van der Waals surface area contributed by atoms with Crippen LogP contribution in [0, 0.1) is 13.8 Å². The molecule has 1 aromatic rings. The lowest BCUT2D eigenvalue weighted by Crippen LogP contribution is -2.47. The van der Waals surface area contributed by atoms with Gasteiger partial charge in [0.25, 0.3) is 0 Å². The number of benzene rings is 1. The third-order valence-corrected chi connectivity index (χ3v) is 3.03. The minimum atomic E-state index is -1.17. The first-order valence-corrected chi connectivity index (χ1v) is 6.32. The maximum Gasteiger partial charge on any atom is 0.326 e. The zero-order valence-corrected chi connectivity index (χ0v) is 11.9. The van der Waals surface area contributed by atoms with Crippen LogP contribution in [-0.4, -0.2) is 41.9 Å². The summed E-state index contributed by atoms with van der Waals surface area (Å²) in [6.45, 7) is 3.54. The van der Waals surface area contributed by atoms with E-state index in [9.17, 15) is 9.59 Å². The van der Waals surface area contributed by atoms with Crippen molar-refractivity contribution in [3.8, 4) is 0 Å². The number of nitrogens with one attached hydrogen (secondary N) is 1. The van der Waals surface area contributed by atoms with Crippen LogP contribution >= 0.6 is 0 Å². The average Bonchev–Trinajstić information content (AvgIpc) is 2.37. The molecule has 20 heavy (non-hydrogen) atoms. The Bertz CT molecular complexity index is 502. The summed E-state index contributed by atoms with van der Waals surface area (Å²) >= 11 is 0. The lowest BCUT2D eigenvalue weighted by atomic mass is 10.1. The molecule has 2 amide bonds. The van der Waals surface area contributed by atoms with E-state index in [1.165, 1.54) is 4.90 Å². The summed E-state index contributed by atoms with van der Waals surface area (Å²) in [7, 11) is 1.57. The molecular weight excluding hydrogens is 260 g/mol. The Morgan fingerprint density at radius 2 is 2.00 bits per heavy atom. The number of rotatable bonds is 5. The summed E-state index contributed by atoms with van der Waals surface area (Å²) in [6, 6.07) is 4.03. The van der Waals surface area contributed by atoms with Crippen molar-refractivity contribution in [2.24, 2.45) is 0 Å². The highest BCUT2D eigenvalue weighted by Gasteiger charge is 2.22. The van der Waals surface area contributed by atoms with Crippen molar-refractivity contribution in [1.82, 2.24) is 5.32 Å². The fourth-order valence-electron chi connectivity index (χ4n) is 1.92. The molecule has 0 fully saturated rings. The number of urea groups is 1. The predicted octanol–water partition coefficient (Wildman–Crippen LogP) is 1.28. The minimum Gasteiger partial charge on any atom is -0.480 e. The number of anilines is 1. The number of aliphatic hydroxyl groups excluding tert-OH is 1. The van der Waals surface area contributed by atoms with Crippen LogP contribution in [0.1, 0.15) is 17.5 Å². The zero-order chi connectivity index (χ0) is 15.3. The van der Waals surface area contributed by atoms with Crippen molar-refractivity contribution in [2.75, 3.05) is 18.6 Å². The van der Waals surface area contributed by atoms with Gasteiger partial charge >= 0.3 is 12.0 Å². The molecule has 0 spiro atoms. The Kier molecular flexibility index (Phi) is 5.52. The first kappa shape index (κ1) is 16.0. The molecule has 110 valence electrons. The first-order valence-electron chi connectivity index (χ1n) is 6.32. The molecule has 0 saturated carbocycles. The summed E-state index contributed by atoms with van der Waals surface area (Å²) in [5.74, 6) is -1.17. The van der Waals surface area contributed by atoms with Crippen LogP contribution in [0.15, 0.2) is 18.2 Å². The molecule has 3 N–H and O–H groups in total. The second-order valence-electron chi connectivity index (χ2n) is 4.70. The summed E-state index contributed by atoms with van der Waals surface area (Å²) < 4.78 is 0. The van der Waals surface area contributed by atoms with E-state index in [0.717, 1.165) is 11.1 Å². The monoisotopic (exact) mass is 280 g/mol. The molecule has 0 bridgehead atoms. The van der Waals surface area contributed by atoms with Gasteiger partial charge in [0.1, 0.15) is 6.04 Å². The van der Waals surface area contributed by atoms with Crippen molar-refractivity contribution in [3.63, 3.8) is 0 Å². The van der Waals surface area contributed by atoms with Gasteiger partial charge in [-0.2, -0.15) is 0 Å². The van der Waals surface area contributed by atoms with Crippen LogP contribution in [0.2, 0.25) is 0 Å². The van der Waals surface area contributed by atoms with Crippen molar-refractivity contribution in [3.05, 3.63) is 29.3 Å². The van der Waals surface area contributed by atoms with E-state index >= 15 is 0 Å². The number of nitrogens with zero attached hydrogens (tertiary/aromatic N) is 1. The van der Waals surface area contributed by atoms with Crippen LogP contribution in [0.3, 0.4) is 0 Å². The quantitative estimate of drug-likeness (QED) is 0.758. The second kappa shape index (κ2) is 6.91. The number of carboxylic acids is 1. The number of hydrogen-bond acceptors (Lipinski definition) is 3. The molecule has 0 saturated heterocycles. The molecule has 1 rings (SSSR count). The van der Waals surface area contributed by atoms with Gasteiger partial charge in [-0.05, 0) is 25.5 Å². The Hall–Kier alpha value is -2.08. The van der Waals surface area contributed by atoms with Gasteiger partial charge < -0.3 is 15.5 Å². The van der Waals surface area contributed by atoms with Crippen molar-refractivity contribution < 1.29 is 19.8 Å². The summed E-state index contributed by atoms with van der Waals surface area (Å²) in [6.07, 6.45) is -0.0260. The fraction of sp³-hybridized carbons (Fsp3) is 0.429. The van der Waals surface area contributed by atoms with Gasteiger partial charge in [0.05, 0.1) is 0 Å². The number of carboxylic acid groups (broad SMARTS) is 1. The molecule has 6 nitrogen and oxygen atoms in total. The minimum absolute atomic E-state index is 0.0260. The van der Waals surface area contributed by atoms with Gasteiger partial charge in [-0.25, -0.2) is 9.59 Å². The third-order valence-electron chi connectivity index (χ3n) is 3.03. The van der Waals surface area contributed by atoms with Gasteiger partial charge in [0.15, 0.2) is 0 Å². The Morgan fingerprint density at radius 3 is 2.50 bits per heavy atom. The summed E-state index contributed by atoms with van der Waals surface area (Å²) in [4.78, 5) is 24.4. The van der Waals surface area contributed by atoms with Crippen LogP contribution in [0.25, 0.3) is 0 Å². The molecular formula is C14H20N2O4. The van der Waals surface area contributed by atoms with Gasteiger partial charge in [0, 0.05) is 25.8 Å². The highest BCUT2D eigenvalue weighted by molar-refractivity contribution is 5.94. The number of aliphatic hydroxyl groups is 1. The molecule has 0 radical (unpaired) electrons. The van der Waals surface area contributed by atoms with Gasteiger partial charge in [-0.15, -0.1) is 0 Å². The second-order valence-corrected chi connectivity index (χ2v) is 4.70. The first-order chi connectivity index (χ1) is 9.36. The summed E-state index contributed by atoms with van der Waals surface area (Å²) in [5, 5.41) is 20.1. The predicted molar refractivity (Wildman–Crippen MR) is 76.0 cm³/mol. The highest BCUT2D eigenvalue weighted by atomic mass is 16.4. The van der Waals surface area contributed by atoms with Gasteiger partial charge in [0.2, 0.25) is 0 Å². The Labute approximate surface area is 118 Å². The largest absolute Gasteiger partial charge is 0.480 e. The number of hydrogen-bond donors (Lipinski definition) is 3. The SMILES string of the molecule is Cc1ccc(N(C)C(=O)NC(CCO)C(=O)O)c(C)c1. The molecule has 0 aliphatic carbocycles. The molecule has 0 aliphatic rings. The molecule has 0 heterocycles. The van der Waals surface area contributed by atoms with E-state index in [2.05, 4.69) is 5.32 Å². The van der Waals surface area contributed by atoms with E-state index in [0.29, 0.717) is 5.69 Å². The number of carbonyl (C=O) groups is 2. The molecule has 1 unspecified atom stereocenters. The maximum absolute atomic E-state index is 12.0. The summed E-state index contributed by atoms with van der Waals surface area (Å²) in [5.41, 5.74) is 2.72. The number of aliphatic carboxylic acids is 1. The average molecular weight is 280 g/mol. The number of aryl methyl sites for hydroxylation is 2.